The van der Waals surface area contributed by atoms with Crippen molar-refractivity contribution in [2.75, 3.05) is 50.0 Å². The number of aliphatic hydroxyl groups excluding tert-OH is 3. The summed E-state index contributed by atoms with van der Waals surface area (Å²) >= 11 is 1.18. The molecule has 1 aliphatic carbocycles. The van der Waals surface area contributed by atoms with Gasteiger partial charge in [-0.25, -0.2) is 56.6 Å². The SMILES string of the molecule is CCCC(CCC)S(=O)(=O)C[C@@H](NC(=O)C1CCN(C(C)=O)CC1)C(=O)N(Cc1cccc(CC)c1)C[C@@H](O)[C@@H](N)Cc1cc(F)cc(F)c1.CCCC(CCC)S(=O)(=O)C[C@@H](NC(=O)c1cccnc1)C(=O)N(C[C@@H](O)[C@@H](N)Cc1cc(F)cc(F)c1)C1(c2cccc(CC)c2)CC1.CCCC(CCC)S(=O)(=O)C[C@@H](NC(=O)c1cscn1)C(=O)N(Cc1cccc(CC)c1)C[C@@H](O)[C@@H](N)Cc1cc(F)cc(F)c1. The first kappa shape index (κ1) is 120. The number of piperidine rings is 1. The monoisotopic (exact) mass is 2100 g/mol. The van der Waals surface area contributed by atoms with Gasteiger partial charge >= 0.3 is 0 Å². The van der Waals surface area contributed by atoms with Gasteiger partial charge in [0, 0.05) is 113 Å². The lowest BCUT2D eigenvalue weighted by Crippen LogP contribution is -2.58. The molecule has 7 amide bonds. The fraction of sp³-hybridized carbons (Fsp3) is 0.523. The van der Waals surface area contributed by atoms with E-state index >= 15 is 0 Å². The number of amides is 7. The molecule has 2 aliphatic rings. The van der Waals surface area contributed by atoms with Gasteiger partial charge in [-0.15, -0.1) is 11.3 Å². The zero-order valence-electron chi connectivity index (χ0n) is 84.7. The predicted molar refractivity (Wildman–Crippen MR) is 551 cm³/mol. The summed E-state index contributed by atoms with van der Waals surface area (Å²) < 4.78 is 166. The van der Waals surface area contributed by atoms with Gasteiger partial charge in [0.2, 0.25) is 29.5 Å². The number of aliphatic hydroxyl groups is 3. The van der Waals surface area contributed by atoms with Crippen molar-refractivity contribution in [1.29, 1.82) is 0 Å². The smallest absolute Gasteiger partial charge is 0.271 e. The average Bonchev–Trinajstić information content (AvgIpc) is 1.58. The molecule has 2 fully saturated rings. The van der Waals surface area contributed by atoms with Gasteiger partial charge in [0.1, 0.15) is 58.7 Å². The Kier molecular flexibility index (Phi) is 47.7. The Morgan fingerprint density at radius 2 is 0.814 bits per heavy atom. The van der Waals surface area contributed by atoms with Gasteiger partial charge in [-0.2, -0.15) is 0 Å². The summed E-state index contributed by atoms with van der Waals surface area (Å²) in [5, 5.41) is 41.4. The van der Waals surface area contributed by atoms with Crippen LogP contribution in [0.3, 0.4) is 0 Å². The van der Waals surface area contributed by atoms with E-state index in [9.17, 15) is 100 Å². The number of carbonyl (C=O) groups excluding carboxylic acids is 7. The molecule has 28 nitrogen and oxygen atoms in total. The lowest BCUT2D eigenvalue weighted by atomic mass is 9.95. The Morgan fingerprint density at radius 3 is 1.17 bits per heavy atom. The minimum absolute atomic E-state index is 0.0121. The highest BCUT2D eigenvalue weighted by molar-refractivity contribution is 7.92. The Balaban J connectivity index is 0.000000266. The number of carbonyl (C=O) groups is 7. The normalized spacial score (nSPS) is 15.1. The van der Waals surface area contributed by atoms with Crippen molar-refractivity contribution in [3.8, 4) is 0 Å². The van der Waals surface area contributed by atoms with Crippen molar-refractivity contribution in [2.45, 2.75) is 299 Å². The van der Waals surface area contributed by atoms with Crippen molar-refractivity contribution in [3.63, 3.8) is 0 Å². The number of aryl methyl sites for hydroxylation is 3. The molecule has 1 saturated heterocycles. The number of benzene rings is 6. The third-order valence-electron chi connectivity index (χ3n) is 26.5. The number of aromatic nitrogens is 2. The summed E-state index contributed by atoms with van der Waals surface area (Å²) in [4.78, 5) is 109. The van der Waals surface area contributed by atoms with Gasteiger partial charge in [0.15, 0.2) is 29.5 Å². The summed E-state index contributed by atoms with van der Waals surface area (Å²) in [6, 6.07) is 27.3. The highest BCUT2D eigenvalue weighted by Crippen LogP contribution is 2.52. The van der Waals surface area contributed by atoms with E-state index in [1.807, 2.05) is 129 Å². The second-order valence-corrected chi connectivity index (χ2v) is 45.7. The summed E-state index contributed by atoms with van der Waals surface area (Å²) in [5.74, 6) is -11.1. The third-order valence-corrected chi connectivity index (χ3v) is 33.9. The average molecular weight is 2100 g/mol. The minimum atomic E-state index is -3.88. The molecule has 796 valence electrons. The maximum absolute atomic E-state index is 14.8. The highest BCUT2D eigenvalue weighted by Gasteiger charge is 2.54. The second-order valence-electron chi connectivity index (χ2n) is 38.1. The zero-order chi connectivity index (χ0) is 107. The maximum atomic E-state index is 14.8. The summed E-state index contributed by atoms with van der Waals surface area (Å²) in [6.07, 6.45) is 8.78. The van der Waals surface area contributed by atoms with E-state index in [1.54, 1.807) is 17.0 Å². The van der Waals surface area contributed by atoms with Crippen LogP contribution in [0.1, 0.15) is 243 Å². The van der Waals surface area contributed by atoms with Gasteiger partial charge in [-0.3, -0.25) is 38.5 Å². The van der Waals surface area contributed by atoms with Gasteiger partial charge in [0.25, 0.3) is 11.8 Å². The first-order valence-electron chi connectivity index (χ1n) is 50.3. The summed E-state index contributed by atoms with van der Waals surface area (Å²) in [5.41, 5.74) is 25.7. The fourth-order valence-corrected chi connectivity index (χ4v) is 25.4. The fourth-order valence-electron chi connectivity index (χ4n) is 18.4. The van der Waals surface area contributed by atoms with Crippen LogP contribution in [-0.2, 0) is 111 Å². The van der Waals surface area contributed by atoms with Crippen molar-refractivity contribution < 1.29 is 100 Å². The number of nitrogens with two attached hydrogens (primary N) is 3. The number of pyridine rings is 1. The Bertz CT molecular complexity index is 5820. The minimum Gasteiger partial charge on any atom is -0.390 e. The van der Waals surface area contributed by atoms with E-state index in [2.05, 4.69) is 25.9 Å². The molecular formula is C107H146F6N12O16S4. The van der Waals surface area contributed by atoms with Crippen molar-refractivity contribution in [3.05, 3.63) is 259 Å². The molecule has 10 rings (SSSR count). The first-order valence-corrected chi connectivity index (χ1v) is 56.4. The molecule has 1 saturated carbocycles. The van der Waals surface area contributed by atoms with Gasteiger partial charge in [-0.05, 0) is 201 Å². The van der Waals surface area contributed by atoms with E-state index in [4.69, 9.17) is 17.2 Å². The van der Waals surface area contributed by atoms with E-state index in [0.29, 0.717) is 116 Å². The van der Waals surface area contributed by atoms with Crippen LogP contribution < -0.4 is 33.2 Å². The molecule has 0 unspecified atom stereocenters. The van der Waals surface area contributed by atoms with Crippen LogP contribution >= 0.6 is 11.3 Å². The van der Waals surface area contributed by atoms with E-state index in [1.165, 1.54) is 62.3 Å². The molecule has 3 heterocycles. The van der Waals surface area contributed by atoms with Crippen LogP contribution in [0, 0.1) is 40.8 Å². The van der Waals surface area contributed by atoms with Crippen molar-refractivity contribution in [2.24, 2.45) is 23.1 Å². The lowest BCUT2D eigenvalue weighted by molar-refractivity contribution is -0.139. The Morgan fingerprint density at radius 1 is 0.455 bits per heavy atom. The Labute approximate surface area is 854 Å². The van der Waals surface area contributed by atoms with Crippen LogP contribution in [-0.4, -0.2) is 232 Å². The second kappa shape index (κ2) is 57.8. The first-order chi connectivity index (χ1) is 68.8. The van der Waals surface area contributed by atoms with Crippen molar-refractivity contribution >= 4 is 82.2 Å². The molecule has 0 spiro atoms. The number of halogens is 6. The number of hydrogen-bond donors (Lipinski definition) is 9. The molecule has 9 atom stereocenters. The number of sulfone groups is 3. The Hall–Kier alpha value is -10.4. The topological polar surface area (TPSA) is 435 Å². The summed E-state index contributed by atoms with van der Waals surface area (Å²) in [6.45, 7) is 18.6. The molecule has 0 radical (unpaired) electrons. The van der Waals surface area contributed by atoms with Crippen LogP contribution in [0.5, 0.6) is 0 Å². The number of likely N-dealkylation sites (tertiary alicyclic amines) is 1. The molecular weight excluding hydrogens is 1950 g/mol. The molecule has 38 heteroatoms. The predicted octanol–water partition coefficient (Wildman–Crippen LogP) is 13.2. The van der Waals surface area contributed by atoms with Crippen LogP contribution in [0.4, 0.5) is 26.3 Å². The number of rotatable bonds is 54. The van der Waals surface area contributed by atoms with Gasteiger partial charge in [0.05, 0.1) is 67.9 Å². The molecule has 12 N–H and O–H groups in total. The van der Waals surface area contributed by atoms with Crippen molar-refractivity contribution in [1.82, 2.24) is 45.5 Å². The third kappa shape index (κ3) is 36.8. The molecule has 2 aromatic heterocycles. The van der Waals surface area contributed by atoms with Crippen LogP contribution in [0.25, 0.3) is 0 Å². The summed E-state index contributed by atoms with van der Waals surface area (Å²) in [7, 11) is -11.6. The highest BCUT2D eigenvalue weighted by atomic mass is 32.2. The van der Waals surface area contributed by atoms with Crippen LogP contribution in [0.15, 0.2) is 163 Å². The largest absolute Gasteiger partial charge is 0.390 e. The number of nitrogens with zero attached hydrogens (tertiary/aromatic N) is 6. The lowest BCUT2D eigenvalue weighted by Gasteiger charge is -2.38. The number of thiazole rings is 1. The molecule has 0 bridgehead atoms. The quantitative estimate of drug-likeness (QED) is 0.0160. The van der Waals surface area contributed by atoms with Gasteiger partial charge in [-0.1, -0.05) is 174 Å². The van der Waals surface area contributed by atoms with E-state index in [-0.39, 0.29) is 85.8 Å². The molecule has 145 heavy (non-hydrogen) atoms. The standard InChI is InChI=1S/C37H54F2N4O6S.C37H48F2N4O5S.C33H44F2N4O5S2/c1-5-9-32(10-6-2)50(48,49)24-34(41-36(46)29-13-15-42(16-14-29)25(4)44)37(47)43(22-27-12-8-11-26(7-3)17-27)23-35(45)33(40)20-28-18-30(38)21-31(39)19-28;1-4-9-31(10-5-2)49(47,48)24-33(42-35(45)27-12-8-16-41-22-27)36(46)43(37(14-15-37)28-13-7-11-25(6-3)17-28)23-34(44)32(40)20-26-18-29(38)21-30(39)19-26;1-4-8-27(9-5-2)46(43,44)20-30(38-32(41)29-19-45-21-37-29)33(42)39(17-23-11-7-10-22(6-3)12-23)18-31(40)28(36)15-24-13-25(34)16-26(35)14-24/h8,11-12,17-19,21,29,32-35,45H,5-7,9-10,13-16,20,22-24,40H2,1-4H3,(H,41,46);7-8,11-13,16-19,21-22,31-34,44H,4-6,9-10,14-15,20,23-24,40H2,1-3H3,(H,42,45);7,10-14,16,19,21,27-28,30-31,40H,4-6,8-9,15,17-18,20,36H2,1-3H3,(H,38,41)/t33-,34+,35+;32-,33+,34+;28-,30+,31+/m000/s1. The molecule has 1 aliphatic heterocycles. The maximum Gasteiger partial charge on any atom is 0.271 e. The van der Waals surface area contributed by atoms with Gasteiger partial charge < -0.3 is 68.1 Å². The van der Waals surface area contributed by atoms with E-state index < -0.39 is 199 Å². The number of nitrogens with one attached hydrogen (secondary N) is 3. The van der Waals surface area contributed by atoms with Crippen LogP contribution in [0.2, 0.25) is 0 Å². The molecule has 8 aromatic rings. The molecule has 6 aromatic carbocycles. The number of hydrogen-bond acceptors (Lipinski definition) is 22. The van der Waals surface area contributed by atoms with E-state index in [0.717, 1.165) is 107 Å². The zero-order valence-corrected chi connectivity index (χ0v) is 88.0.